The number of ketones is 1. The van der Waals surface area contributed by atoms with Gasteiger partial charge in [-0.25, -0.2) is 14.2 Å². The maximum absolute atomic E-state index is 14.5. The first-order valence-corrected chi connectivity index (χ1v) is 9.77. The third-order valence-corrected chi connectivity index (χ3v) is 5.17. The van der Waals surface area contributed by atoms with E-state index in [1.54, 1.807) is 23.7 Å². The molecule has 30 heavy (non-hydrogen) atoms. The van der Waals surface area contributed by atoms with Crippen LogP contribution in [0.25, 0.3) is 15.7 Å². The summed E-state index contributed by atoms with van der Waals surface area (Å²) in [5.74, 6) is -0.215. The lowest BCUT2D eigenvalue weighted by Gasteiger charge is -2.11. The summed E-state index contributed by atoms with van der Waals surface area (Å²) in [6.45, 7) is 7.14. The highest BCUT2D eigenvalue weighted by Gasteiger charge is 2.13. The van der Waals surface area contributed by atoms with E-state index in [1.165, 1.54) is 41.8 Å². The number of carbonyl (C=O) groups is 1. The van der Waals surface area contributed by atoms with E-state index in [-0.39, 0.29) is 41.4 Å². The highest BCUT2D eigenvalue weighted by molar-refractivity contribution is 7.09. The highest BCUT2D eigenvalue weighted by atomic mass is 32.1. The number of fused-ring (bicyclic) bond motifs is 1. The number of aromatic nitrogens is 2. The fourth-order valence-corrected chi connectivity index (χ4v) is 3.61. The molecule has 2 heterocycles. The third-order valence-electron chi connectivity index (χ3n) is 4.39. The second kappa shape index (κ2) is 8.27. The number of phenols is 1. The number of hydrogen-bond donors (Lipinski definition) is 1. The van der Waals surface area contributed by atoms with Crippen LogP contribution in [0.2, 0.25) is 0 Å². The van der Waals surface area contributed by atoms with E-state index in [9.17, 15) is 14.3 Å². The molecule has 4 aromatic rings. The van der Waals surface area contributed by atoms with Crippen molar-refractivity contribution in [3.8, 4) is 17.2 Å². The van der Waals surface area contributed by atoms with Crippen molar-refractivity contribution in [3.63, 3.8) is 0 Å². The fraction of sp³-hybridized carbons (Fsp3) is 0.0909. The Kier molecular flexibility index (Phi) is 5.37. The Bertz CT molecular complexity index is 1280. The Morgan fingerprint density at radius 2 is 2.03 bits per heavy atom. The summed E-state index contributed by atoms with van der Waals surface area (Å²) < 4.78 is 20.3. The third kappa shape index (κ3) is 4.11. The van der Waals surface area contributed by atoms with Crippen LogP contribution in [0.15, 0.2) is 54.2 Å². The average molecular weight is 419 g/mol. The second-order valence-electron chi connectivity index (χ2n) is 6.45. The number of Topliss-reactive ketones (excluding diaryl/α,β-unsaturated/α-hetero) is 1. The minimum Gasteiger partial charge on any atom is -0.519 e. The van der Waals surface area contributed by atoms with Crippen LogP contribution in [0.5, 0.6) is 17.2 Å². The van der Waals surface area contributed by atoms with Crippen LogP contribution >= 0.6 is 11.3 Å². The monoisotopic (exact) mass is 419 g/mol. The first-order valence-electron chi connectivity index (χ1n) is 8.89. The summed E-state index contributed by atoms with van der Waals surface area (Å²) in [7, 11) is 0. The van der Waals surface area contributed by atoms with Gasteiger partial charge in [-0.1, -0.05) is 6.07 Å². The summed E-state index contributed by atoms with van der Waals surface area (Å²) in [6, 6.07) is 8.77. The molecule has 0 unspecified atom stereocenters. The molecule has 0 saturated carbocycles. The molecule has 0 aliphatic carbocycles. The Morgan fingerprint density at radius 1 is 1.17 bits per heavy atom. The molecule has 148 valence electrons. The van der Waals surface area contributed by atoms with E-state index < -0.39 is 5.82 Å². The molecule has 0 fully saturated rings. The van der Waals surface area contributed by atoms with Crippen molar-refractivity contribution in [3.05, 3.63) is 82.0 Å². The van der Waals surface area contributed by atoms with E-state index in [0.717, 1.165) is 0 Å². The van der Waals surface area contributed by atoms with Crippen molar-refractivity contribution in [1.29, 1.82) is 0 Å². The second-order valence-corrected chi connectivity index (χ2v) is 7.43. The van der Waals surface area contributed by atoms with Crippen LogP contribution < -0.4 is 4.74 Å². The number of phenolic OH excluding ortho intramolecular Hbond substituents is 1. The lowest BCUT2D eigenvalue weighted by molar-refractivity contribution is -0.117. The number of thiazole rings is 1. The van der Waals surface area contributed by atoms with Gasteiger partial charge in [0.2, 0.25) is 5.69 Å². The maximum atomic E-state index is 14.5. The molecule has 2 aromatic carbocycles. The SMILES string of the molecule is [C-]#[N+]c1cc2c(Oc3ccc(CC(=O)Cc4nccs4)c(F)c3)ccnc2cc1O. The quantitative estimate of drug-likeness (QED) is 0.433. The van der Waals surface area contributed by atoms with E-state index in [1.807, 2.05) is 0 Å². The van der Waals surface area contributed by atoms with Gasteiger partial charge in [0.1, 0.15) is 28.8 Å². The number of hydrogen-bond acceptors (Lipinski definition) is 6. The normalized spacial score (nSPS) is 10.7. The van der Waals surface area contributed by atoms with E-state index in [2.05, 4.69) is 14.8 Å². The maximum Gasteiger partial charge on any atom is 0.228 e. The smallest absolute Gasteiger partial charge is 0.228 e. The van der Waals surface area contributed by atoms with Crippen molar-refractivity contribution in [1.82, 2.24) is 9.97 Å². The lowest BCUT2D eigenvalue weighted by Crippen LogP contribution is -2.07. The Labute approximate surface area is 175 Å². The summed E-state index contributed by atoms with van der Waals surface area (Å²) in [6.07, 6.45) is 3.27. The van der Waals surface area contributed by atoms with Gasteiger partial charge in [-0.2, -0.15) is 0 Å². The van der Waals surface area contributed by atoms with Crippen molar-refractivity contribution >= 4 is 33.7 Å². The number of carbonyl (C=O) groups excluding carboxylic acids is 1. The van der Waals surface area contributed by atoms with E-state index in [0.29, 0.717) is 21.7 Å². The van der Waals surface area contributed by atoms with Crippen LogP contribution in [0.3, 0.4) is 0 Å². The Balaban J connectivity index is 1.55. The molecule has 8 heteroatoms. The number of rotatable bonds is 6. The molecule has 6 nitrogen and oxygen atoms in total. The molecule has 0 spiro atoms. The van der Waals surface area contributed by atoms with Crippen LogP contribution in [-0.2, 0) is 17.6 Å². The van der Waals surface area contributed by atoms with Crippen LogP contribution in [0.4, 0.5) is 10.1 Å². The van der Waals surface area contributed by atoms with Gasteiger partial charge in [0, 0.05) is 35.6 Å². The van der Waals surface area contributed by atoms with Gasteiger partial charge in [-0.05, 0) is 29.8 Å². The first kappa shape index (κ1) is 19.5. The van der Waals surface area contributed by atoms with Crippen LogP contribution in [-0.4, -0.2) is 20.9 Å². The molecule has 4 rings (SSSR count). The van der Waals surface area contributed by atoms with Crippen LogP contribution in [0.1, 0.15) is 10.6 Å². The molecule has 0 radical (unpaired) electrons. The zero-order chi connectivity index (χ0) is 21.1. The van der Waals surface area contributed by atoms with E-state index in [4.69, 9.17) is 11.3 Å². The number of benzene rings is 2. The van der Waals surface area contributed by atoms with Crippen molar-refractivity contribution in [2.24, 2.45) is 0 Å². The molecule has 0 saturated heterocycles. The molecule has 0 bridgehead atoms. The summed E-state index contributed by atoms with van der Waals surface area (Å²) in [5, 5.41) is 12.8. The van der Waals surface area contributed by atoms with Gasteiger partial charge >= 0.3 is 0 Å². The van der Waals surface area contributed by atoms with Gasteiger partial charge in [-0.15, -0.1) is 11.3 Å². The van der Waals surface area contributed by atoms with Gasteiger partial charge in [-0.3, -0.25) is 9.78 Å². The van der Waals surface area contributed by atoms with Gasteiger partial charge in [0.05, 0.1) is 23.5 Å². The number of halogens is 1. The summed E-state index contributed by atoms with van der Waals surface area (Å²) in [4.78, 5) is 23.7. The number of ether oxygens (including phenoxy) is 1. The fourth-order valence-electron chi connectivity index (χ4n) is 2.97. The topological polar surface area (TPSA) is 76.7 Å². The largest absolute Gasteiger partial charge is 0.519 e. The predicted octanol–water partition coefficient (Wildman–Crippen LogP) is 5.23. The molecular formula is C22H14FN3O3S. The predicted molar refractivity (Wildman–Crippen MR) is 111 cm³/mol. The highest BCUT2D eigenvalue weighted by Crippen LogP contribution is 2.36. The van der Waals surface area contributed by atoms with Gasteiger partial charge < -0.3 is 9.84 Å². The van der Waals surface area contributed by atoms with Crippen LogP contribution in [0, 0.1) is 12.4 Å². The molecular weight excluding hydrogens is 405 g/mol. The summed E-state index contributed by atoms with van der Waals surface area (Å²) in [5.41, 5.74) is 0.798. The first-order chi connectivity index (χ1) is 14.5. The molecule has 0 aliphatic rings. The standard InChI is InChI=1S/C22H14FN3O3S/c1-24-19-11-16-18(12-20(19)28)25-5-4-21(16)29-15-3-2-13(17(23)10-15)8-14(27)9-22-26-6-7-30-22/h2-7,10-12,28H,8-9H2. The number of pyridine rings is 1. The van der Waals surface area contributed by atoms with Gasteiger partial charge in [0.25, 0.3) is 0 Å². The number of nitrogens with zero attached hydrogens (tertiary/aromatic N) is 3. The lowest BCUT2D eigenvalue weighted by atomic mass is 10.1. The molecule has 0 aliphatic heterocycles. The number of aromatic hydroxyl groups is 1. The zero-order valence-corrected chi connectivity index (χ0v) is 16.3. The molecule has 0 atom stereocenters. The Morgan fingerprint density at radius 3 is 2.77 bits per heavy atom. The minimum atomic E-state index is -0.544. The van der Waals surface area contributed by atoms with E-state index >= 15 is 0 Å². The average Bonchev–Trinajstić information content (AvgIpc) is 3.22. The van der Waals surface area contributed by atoms with Crippen molar-refractivity contribution < 1.29 is 19.0 Å². The zero-order valence-electron chi connectivity index (χ0n) is 15.5. The minimum absolute atomic E-state index is 0.0302. The van der Waals surface area contributed by atoms with Crippen molar-refractivity contribution in [2.75, 3.05) is 0 Å². The molecule has 1 N–H and O–H groups in total. The molecule has 0 amide bonds. The van der Waals surface area contributed by atoms with Gasteiger partial charge in [0.15, 0.2) is 0 Å². The summed E-state index contributed by atoms with van der Waals surface area (Å²) >= 11 is 1.39. The molecule has 2 aromatic heterocycles. The Hall–Kier alpha value is -3.83. The van der Waals surface area contributed by atoms with Crippen molar-refractivity contribution in [2.45, 2.75) is 12.8 Å².